The highest BCUT2D eigenvalue weighted by molar-refractivity contribution is 6.01. The van der Waals surface area contributed by atoms with Gasteiger partial charge in [-0.25, -0.2) is 4.68 Å². The highest BCUT2D eigenvalue weighted by Gasteiger charge is 2.42. The van der Waals surface area contributed by atoms with Gasteiger partial charge in [-0.2, -0.15) is 5.10 Å². The zero-order valence-electron chi connectivity index (χ0n) is 18.0. The Morgan fingerprint density at radius 1 is 1.00 bits per heavy atom. The van der Waals surface area contributed by atoms with Crippen LogP contribution in [0.15, 0.2) is 65.9 Å². The Morgan fingerprint density at radius 3 is 2.40 bits per heavy atom. The maximum absolute atomic E-state index is 13.4. The highest BCUT2D eigenvalue weighted by Crippen LogP contribution is 2.50. The number of aromatic nitrogens is 2. The van der Waals surface area contributed by atoms with Crippen molar-refractivity contribution in [3.63, 3.8) is 0 Å². The number of benzene rings is 2. The van der Waals surface area contributed by atoms with E-state index in [0.717, 1.165) is 46.0 Å². The van der Waals surface area contributed by atoms with Crippen molar-refractivity contribution in [1.82, 2.24) is 9.78 Å². The average molecular weight is 398 g/mol. The molecule has 152 valence electrons. The second-order valence-corrected chi connectivity index (χ2v) is 9.40. The zero-order chi connectivity index (χ0) is 21.0. The van der Waals surface area contributed by atoms with Crippen molar-refractivity contribution in [3.8, 4) is 5.69 Å². The number of hydrogen-bond acceptors (Lipinski definition) is 3. The fourth-order valence-corrected chi connectivity index (χ4v) is 4.92. The lowest BCUT2D eigenvalue weighted by Crippen LogP contribution is -2.34. The summed E-state index contributed by atoms with van der Waals surface area (Å²) >= 11 is 0. The molecular formula is C26H27N3O. The topological polar surface area (TPSA) is 46.9 Å². The lowest BCUT2D eigenvalue weighted by molar-refractivity contribution is -0.118. The molecule has 0 fully saturated rings. The number of fused-ring (bicyclic) bond motifs is 1. The number of carbonyl (C=O) groups is 1. The van der Waals surface area contributed by atoms with Crippen LogP contribution in [0.3, 0.4) is 0 Å². The van der Waals surface area contributed by atoms with Crippen molar-refractivity contribution in [3.05, 3.63) is 88.3 Å². The first-order chi connectivity index (χ1) is 14.3. The largest absolute Gasteiger partial charge is 0.343 e. The molecule has 30 heavy (non-hydrogen) atoms. The first-order valence-electron chi connectivity index (χ1n) is 10.6. The molecule has 0 bridgehead atoms. The Labute approximate surface area is 177 Å². The van der Waals surface area contributed by atoms with Crippen molar-refractivity contribution in [2.24, 2.45) is 5.41 Å². The van der Waals surface area contributed by atoms with Gasteiger partial charge in [-0.1, -0.05) is 61.9 Å². The van der Waals surface area contributed by atoms with E-state index in [4.69, 9.17) is 5.10 Å². The van der Waals surface area contributed by atoms with Crippen molar-refractivity contribution in [1.29, 1.82) is 0 Å². The summed E-state index contributed by atoms with van der Waals surface area (Å²) in [5.41, 5.74) is 7.36. The fraction of sp³-hybridized carbons (Fsp3) is 0.308. The molecule has 0 radical (unpaired) electrons. The van der Waals surface area contributed by atoms with Crippen LogP contribution < -0.4 is 5.32 Å². The van der Waals surface area contributed by atoms with Crippen LogP contribution in [0.1, 0.15) is 55.0 Å². The number of ketones is 1. The number of Topliss-reactive ketones (excluding diaryl/α,β-unsaturated/α-hetero) is 1. The molecule has 4 nitrogen and oxygen atoms in total. The molecule has 1 atom stereocenters. The lowest BCUT2D eigenvalue weighted by Gasteiger charge is -2.38. The van der Waals surface area contributed by atoms with Gasteiger partial charge in [-0.15, -0.1) is 0 Å². The number of nitrogens with one attached hydrogen (secondary N) is 1. The molecule has 1 N–H and O–H groups in total. The Kier molecular flexibility index (Phi) is 4.21. The summed E-state index contributed by atoms with van der Waals surface area (Å²) in [6.07, 6.45) is 1.44. The molecule has 4 heteroatoms. The first-order valence-corrected chi connectivity index (χ1v) is 10.6. The summed E-state index contributed by atoms with van der Waals surface area (Å²) in [4.78, 5) is 13.4. The van der Waals surface area contributed by atoms with E-state index in [-0.39, 0.29) is 17.1 Å². The van der Waals surface area contributed by atoms with Crippen LogP contribution in [0.5, 0.6) is 0 Å². The van der Waals surface area contributed by atoms with Crippen molar-refractivity contribution in [2.45, 2.75) is 46.5 Å². The van der Waals surface area contributed by atoms with Gasteiger partial charge < -0.3 is 5.32 Å². The molecule has 1 aromatic heterocycles. The van der Waals surface area contributed by atoms with Crippen LogP contribution in [-0.4, -0.2) is 15.6 Å². The molecule has 2 heterocycles. The standard InChI is InChI=1S/C26H27N3O/c1-16-10-12-18(13-11-16)23-22-17(2)28-29(19-8-6-5-7-9-19)25(22)27-20-14-26(3,4)15-21(30)24(20)23/h5-13,23,27H,14-15H2,1-4H3. The normalized spacial score (nSPS) is 19.9. The van der Waals surface area contributed by atoms with Gasteiger partial charge in [-0.05, 0) is 43.4 Å². The smallest absolute Gasteiger partial charge is 0.162 e. The van der Waals surface area contributed by atoms with Crippen LogP contribution in [-0.2, 0) is 4.79 Å². The Bertz CT molecular complexity index is 1170. The van der Waals surface area contributed by atoms with Gasteiger partial charge in [0.1, 0.15) is 5.82 Å². The van der Waals surface area contributed by atoms with E-state index in [1.165, 1.54) is 5.56 Å². The summed E-state index contributed by atoms with van der Waals surface area (Å²) in [5.74, 6) is 1.14. The Hall–Kier alpha value is -3.14. The second kappa shape index (κ2) is 6.69. The molecular weight excluding hydrogens is 370 g/mol. The van der Waals surface area contributed by atoms with Gasteiger partial charge in [-0.3, -0.25) is 4.79 Å². The molecule has 1 aliphatic heterocycles. The molecule has 3 aromatic rings. The summed E-state index contributed by atoms with van der Waals surface area (Å²) in [6, 6.07) is 18.8. The third-order valence-electron chi connectivity index (χ3n) is 6.28. The van der Waals surface area contributed by atoms with Gasteiger partial charge in [0.25, 0.3) is 0 Å². The maximum Gasteiger partial charge on any atom is 0.162 e. The minimum Gasteiger partial charge on any atom is -0.343 e. The number of carbonyl (C=O) groups excluding carboxylic acids is 1. The van der Waals surface area contributed by atoms with Crippen LogP contribution in [0.25, 0.3) is 5.69 Å². The van der Waals surface area contributed by atoms with Gasteiger partial charge in [0.05, 0.1) is 11.4 Å². The second-order valence-electron chi connectivity index (χ2n) is 9.40. The third kappa shape index (κ3) is 2.98. The molecule has 1 aliphatic carbocycles. The SMILES string of the molecule is Cc1ccc(C2C3=C(CC(C)(C)CC3=O)Nc3c2c(C)nn3-c2ccccc2)cc1. The van der Waals surface area contributed by atoms with Crippen molar-refractivity contribution in [2.75, 3.05) is 5.32 Å². The van der Waals surface area contributed by atoms with E-state index in [0.29, 0.717) is 6.42 Å². The molecule has 0 spiro atoms. The van der Waals surface area contributed by atoms with E-state index < -0.39 is 0 Å². The number of aryl methyl sites for hydroxylation is 2. The monoisotopic (exact) mass is 397 g/mol. The van der Waals surface area contributed by atoms with E-state index >= 15 is 0 Å². The van der Waals surface area contributed by atoms with Crippen LogP contribution in [0, 0.1) is 19.3 Å². The minimum atomic E-state index is -0.0853. The molecule has 1 unspecified atom stereocenters. The first kappa shape index (κ1) is 18.9. The van der Waals surface area contributed by atoms with E-state index in [2.05, 4.69) is 62.5 Å². The summed E-state index contributed by atoms with van der Waals surface area (Å²) in [7, 11) is 0. The van der Waals surface area contributed by atoms with E-state index in [1.807, 2.05) is 29.8 Å². The zero-order valence-corrected chi connectivity index (χ0v) is 18.0. The number of nitrogens with zero attached hydrogens (tertiary/aromatic N) is 2. The van der Waals surface area contributed by atoms with Crippen LogP contribution >= 0.6 is 0 Å². The van der Waals surface area contributed by atoms with Gasteiger partial charge in [0.2, 0.25) is 0 Å². The predicted octanol–water partition coefficient (Wildman–Crippen LogP) is 5.69. The van der Waals surface area contributed by atoms with E-state index in [9.17, 15) is 4.79 Å². The lowest BCUT2D eigenvalue weighted by atomic mass is 9.69. The fourth-order valence-electron chi connectivity index (χ4n) is 4.92. The minimum absolute atomic E-state index is 0.0507. The number of anilines is 1. The van der Waals surface area contributed by atoms with Crippen LogP contribution in [0.4, 0.5) is 5.82 Å². The maximum atomic E-state index is 13.4. The average Bonchev–Trinajstić information content (AvgIpc) is 3.03. The number of para-hydroxylation sites is 1. The van der Waals surface area contributed by atoms with Gasteiger partial charge >= 0.3 is 0 Å². The van der Waals surface area contributed by atoms with Crippen molar-refractivity contribution < 1.29 is 4.79 Å². The molecule has 0 saturated carbocycles. The summed E-state index contributed by atoms with van der Waals surface area (Å²) < 4.78 is 1.99. The number of allylic oxidation sites excluding steroid dienone is 2. The van der Waals surface area contributed by atoms with Crippen LogP contribution in [0.2, 0.25) is 0 Å². The number of rotatable bonds is 2. The predicted molar refractivity (Wildman–Crippen MR) is 120 cm³/mol. The number of hydrogen-bond donors (Lipinski definition) is 1. The Balaban J connectivity index is 1.76. The Morgan fingerprint density at radius 2 is 1.70 bits per heavy atom. The molecule has 0 saturated heterocycles. The van der Waals surface area contributed by atoms with Gasteiger partial charge in [0, 0.05) is 29.2 Å². The quantitative estimate of drug-likeness (QED) is 0.604. The van der Waals surface area contributed by atoms with Crippen molar-refractivity contribution >= 4 is 11.6 Å². The summed E-state index contributed by atoms with van der Waals surface area (Å²) in [5, 5.41) is 8.53. The summed E-state index contributed by atoms with van der Waals surface area (Å²) in [6.45, 7) is 8.48. The van der Waals surface area contributed by atoms with E-state index in [1.54, 1.807) is 0 Å². The molecule has 2 aromatic carbocycles. The molecule has 5 rings (SSSR count). The molecule has 2 aliphatic rings. The third-order valence-corrected chi connectivity index (χ3v) is 6.28. The highest BCUT2D eigenvalue weighted by atomic mass is 16.1. The van der Waals surface area contributed by atoms with Gasteiger partial charge in [0.15, 0.2) is 5.78 Å². The molecule has 0 amide bonds.